The lowest BCUT2D eigenvalue weighted by atomic mass is 9.98. The van der Waals surface area contributed by atoms with E-state index < -0.39 is 0 Å². The fraction of sp³-hybridized carbons (Fsp3) is 0.345. The number of esters is 1. The van der Waals surface area contributed by atoms with Crippen molar-refractivity contribution in [3.05, 3.63) is 77.4 Å². The lowest BCUT2D eigenvalue weighted by Gasteiger charge is -2.15. The molecule has 0 radical (unpaired) electrons. The second-order valence-corrected chi connectivity index (χ2v) is 9.27. The van der Waals surface area contributed by atoms with Crippen LogP contribution in [0.15, 0.2) is 54.6 Å². The number of aryl methyl sites for hydroxylation is 2. The lowest BCUT2D eigenvalue weighted by Crippen LogP contribution is -2.10. The molecule has 0 aliphatic heterocycles. The van der Waals surface area contributed by atoms with Gasteiger partial charge in [-0.1, -0.05) is 55.5 Å². The average molecular weight is 497 g/mol. The van der Waals surface area contributed by atoms with Crippen LogP contribution in [-0.2, 0) is 28.9 Å². The van der Waals surface area contributed by atoms with Gasteiger partial charge in [0.05, 0.1) is 18.0 Å². The number of hydrogen-bond donors (Lipinski definition) is 1. The lowest BCUT2D eigenvalue weighted by molar-refractivity contribution is -0.137. The van der Waals surface area contributed by atoms with Gasteiger partial charge in [0.2, 0.25) is 5.82 Å². The van der Waals surface area contributed by atoms with E-state index in [1.165, 1.54) is 5.56 Å². The molecule has 5 rings (SSSR count). The molecule has 0 atom stereocenters. The molecule has 0 unspecified atom stereocenters. The van der Waals surface area contributed by atoms with Gasteiger partial charge < -0.3 is 9.30 Å². The Hall–Kier alpha value is -4.07. The maximum atomic E-state index is 12.4. The molecular weight excluding hydrogens is 464 g/mol. The molecule has 37 heavy (non-hydrogen) atoms. The van der Waals surface area contributed by atoms with E-state index in [-0.39, 0.29) is 5.97 Å². The Labute approximate surface area is 216 Å². The van der Waals surface area contributed by atoms with Gasteiger partial charge in [-0.3, -0.25) is 0 Å². The highest BCUT2D eigenvalue weighted by molar-refractivity contribution is 5.91. The molecule has 8 nitrogen and oxygen atoms in total. The first kappa shape index (κ1) is 24.6. The van der Waals surface area contributed by atoms with Gasteiger partial charge in [0.25, 0.3) is 0 Å². The van der Waals surface area contributed by atoms with Crippen LogP contribution < -0.4 is 0 Å². The second-order valence-electron chi connectivity index (χ2n) is 9.27. The molecule has 1 aliphatic carbocycles. The molecule has 1 N–H and O–H groups in total. The predicted octanol–water partition coefficient (Wildman–Crippen LogP) is 5.40. The van der Waals surface area contributed by atoms with E-state index in [1.807, 2.05) is 25.1 Å². The summed E-state index contributed by atoms with van der Waals surface area (Å²) in [6, 6.07) is 16.7. The van der Waals surface area contributed by atoms with E-state index in [0.717, 1.165) is 78.0 Å². The zero-order valence-corrected chi connectivity index (χ0v) is 21.4. The summed E-state index contributed by atoms with van der Waals surface area (Å²) >= 11 is 0. The number of benzene rings is 2. The summed E-state index contributed by atoms with van der Waals surface area (Å²) in [5.74, 6) is 1.38. The van der Waals surface area contributed by atoms with Gasteiger partial charge in [0.15, 0.2) is 0 Å². The molecule has 2 heterocycles. The number of ether oxygens (including phenoxy) is 1. The summed E-state index contributed by atoms with van der Waals surface area (Å²) in [5.41, 5.74) is 7.48. The zero-order chi connectivity index (χ0) is 25.6. The summed E-state index contributed by atoms with van der Waals surface area (Å²) in [4.78, 5) is 17.4. The maximum absolute atomic E-state index is 12.4. The SMILES string of the molecule is CCCc1nc2c(n1Cc1ccc(-c3ccccc3-c3nn[nH]n3)cc1)C(=CC(=O)OCC)CCCC2. The molecule has 0 saturated heterocycles. The van der Waals surface area contributed by atoms with E-state index >= 15 is 0 Å². The molecule has 0 fully saturated rings. The van der Waals surface area contributed by atoms with Crippen LogP contribution in [-0.4, -0.2) is 42.8 Å². The second kappa shape index (κ2) is 11.3. The molecule has 1 aliphatic rings. The Kier molecular flexibility index (Phi) is 7.54. The number of nitrogens with zero attached hydrogens (tertiary/aromatic N) is 5. The van der Waals surface area contributed by atoms with Crippen molar-refractivity contribution in [2.24, 2.45) is 0 Å². The van der Waals surface area contributed by atoms with E-state index in [1.54, 1.807) is 6.08 Å². The van der Waals surface area contributed by atoms with Crippen LogP contribution >= 0.6 is 0 Å². The number of rotatable bonds is 8. The van der Waals surface area contributed by atoms with Crippen LogP contribution in [0.5, 0.6) is 0 Å². The highest BCUT2D eigenvalue weighted by Crippen LogP contribution is 2.33. The summed E-state index contributed by atoms with van der Waals surface area (Å²) < 4.78 is 7.56. The monoisotopic (exact) mass is 496 g/mol. The van der Waals surface area contributed by atoms with Crippen molar-refractivity contribution < 1.29 is 9.53 Å². The molecule has 0 amide bonds. The minimum absolute atomic E-state index is 0.278. The standard InChI is InChI=1S/C29H32N6O2/c1-3-9-26-30-25-13-8-5-10-22(18-27(36)37-4-2)28(25)35(26)19-20-14-16-21(17-15-20)23-11-6-7-12-24(23)29-31-33-34-32-29/h6-7,11-12,14-18H,3-5,8-10,13,19H2,1-2H3,(H,31,32,33,34). The Morgan fingerprint density at radius 1 is 1.05 bits per heavy atom. The highest BCUT2D eigenvalue weighted by Gasteiger charge is 2.23. The Bertz CT molecular complexity index is 1390. The normalized spacial score (nSPS) is 14.4. The predicted molar refractivity (Wildman–Crippen MR) is 143 cm³/mol. The zero-order valence-electron chi connectivity index (χ0n) is 21.4. The molecule has 190 valence electrons. The minimum atomic E-state index is -0.278. The molecule has 8 heteroatoms. The third-order valence-electron chi connectivity index (χ3n) is 6.70. The number of allylic oxidation sites excluding steroid dienone is 1. The van der Waals surface area contributed by atoms with E-state index in [4.69, 9.17) is 9.72 Å². The highest BCUT2D eigenvalue weighted by atomic mass is 16.5. The third kappa shape index (κ3) is 5.38. The van der Waals surface area contributed by atoms with Crippen LogP contribution in [0.4, 0.5) is 0 Å². The van der Waals surface area contributed by atoms with Gasteiger partial charge in [0, 0.05) is 24.6 Å². The summed E-state index contributed by atoms with van der Waals surface area (Å²) in [5, 5.41) is 14.6. The van der Waals surface area contributed by atoms with Crippen LogP contribution in [0, 0.1) is 0 Å². The Morgan fingerprint density at radius 3 is 2.57 bits per heavy atom. The molecule has 2 aromatic carbocycles. The van der Waals surface area contributed by atoms with Crippen molar-refractivity contribution in [2.75, 3.05) is 6.61 Å². The number of hydrogen-bond acceptors (Lipinski definition) is 6. The number of fused-ring (bicyclic) bond motifs is 1. The van der Waals surface area contributed by atoms with E-state index in [0.29, 0.717) is 19.0 Å². The van der Waals surface area contributed by atoms with Gasteiger partial charge in [-0.05, 0) is 66.5 Å². The number of carbonyl (C=O) groups is 1. The Morgan fingerprint density at radius 2 is 1.84 bits per heavy atom. The number of aromatic nitrogens is 6. The minimum Gasteiger partial charge on any atom is -0.463 e. The summed E-state index contributed by atoms with van der Waals surface area (Å²) in [7, 11) is 0. The number of tetrazole rings is 1. The van der Waals surface area contributed by atoms with Gasteiger partial charge in [-0.25, -0.2) is 9.78 Å². The largest absolute Gasteiger partial charge is 0.463 e. The van der Waals surface area contributed by atoms with Gasteiger partial charge in [0.1, 0.15) is 5.82 Å². The average Bonchev–Trinajstić information content (AvgIpc) is 3.51. The first-order valence-electron chi connectivity index (χ1n) is 13.1. The van der Waals surface area contributed by atoms with E-state index in [9.17, 15) is 4.79 Å². The smallest absolute Gasteiger partial charge is 0.331 e. The van der Waals surface area contributed by atoms with Crippen LogP contribution in [0.2, 0.25) is 0 Å². The molecule has 0 spiro atoms. The number of carbonyl (C=O) groups excluding carboxylic acids is 1. The van der Waals surface area contributed by atoms with E-state index in [2.05, 4.69) is 62.4 Å². The molecule has 0 saturated carbocycles. The van der Waals surface area contributed by atoms with Crippen molar-refractivity contribution in [1.82, 2.24) is 30.2 Å². The number of H-pyrrole nitrogens is 1. The van der Waals surface area contributed by atoms with Crippen molar-refractivity contribution in [1.29, 1.82) is 0 Å². The van der Waals surface area contributed by atoms with Gasteiger partial charge in [-0.2, -0.15) is 5.21 Å². The quantitative estimate of drug-likeness (QED) is 0.199. The van der Waals surface area contributed by atoms with Crippen LogP contribution in [0.25, 0.3) is 28.1 Å². The van der Waals surface area contributed by atoms with Crippen molar-refractivity contribution >= 4 is 11.5 Å². The number of aromatic amines is 1. The van der Waals surface area contributed by atoms with Crippen LogP contribution in [0.3, 0.4) is 0 Å². The van der Waals surface area contributed by atoms with Crippen molar-refractivity contribution in [3.8, 4) is 22.5 Å². The van der Waals surface area contributed by atoms with Gasteiger partial charge >= 0.3 is 5.97 Å². The molecular formula is C29H32N6O2. The fourth-order valence-corrected chi connectivity index (χ4v) is 5.04. The molecule has 2 aromatic heterocycles. The summed E-state index contributed by atoms with van der Waals surface area (Å²) in [6.45, 7) is 5.08. The first-order valence-corrected chi connectivity index (χ1v) is 13.1. The maximum Gasteiger partial charge on any atom is 0.331 e. The van der Waals surface area contributed by atoms with Crippen molar-refractivity contribution in [3.63, 3.8) is 0 Å². The first-order chi connectivity index (χ1) is 18.2. The molecule has 4 aromatic rings. The topological polar surface area (TPSA) is 98.6 Å². The molecule has 0 bridgehead atoms. The fourth-order valence-electron chi connectivity index (χ4n) is 5.04. The van der Waals surface area contributed by atoms with Crippen molar-refractivity contribution in [2.45, 2.75) is 58.9 Å². The third-order valence-corrected chi connectivity index (χ3v) is 6.70. The Balaban J connectivity index is 1.49. The van der Waals surface area contributed by atoms with Crippen LogP contribution in [0.1, 0.15) is 62.3 Å². The van der Waals surface area contributed by atoms with Gasteiger partial charge in [-0.15, -0.1) is 10.2 Å². The number of imidazole rings is 1. The number of nitrogens with one attached hydrogen (secondary N) is 1. The summed E-state index contributed by atoms with van der Waals surface area (Å²) in [6.07, 6.45) is 7.50.